The SMILES string of the molecule is CCCCCCCC(CC)OCCCN1CCCCC1. The molecule has 120 valence electrons. The molecule has 20 heavy (non-hydrogen) atoms. The Labute approximate surface area is 127 Å². The van der Waals surface area contributed by atoms with Crippen LogP contribution in [0.25, 0.3) is 0 Å². The number of rotatable bonds is 12. The number of likely N-dealkylation sites (tertiary alicyclic amines) is 1. The fourth-order valence-corrected chi connectivity index (χ4v) is 3.10. The van der Waals surface area contributed by atoms with Crippen LogP contribution in [0.5, 0.6) is 0 Å². The summed E-state index contributed by atoms with van der Waals surface area (Å²) in [6.07, 6.45) is 15.3. The Morgan fingerprint density at radius 3 is 2.35 bits per heavy atom. The van der Waals surface area contributed by atoms with Crippen molar-refractivity contribution in [2.75, 3.05) is 26.2 Å². The highest BCUT2D eigenvalue weighted by Crippen LogP contribution is 2.13. The number of hydrogen-bond donors (Lipinski definition) is 0. The van der Waals surface area contributed by atoms with Gasteiger partial charge in [0.05, 0.1) is 6.10 Å². The van der Waals surface area contributed by atoms with Crippen LogP contribution < -0.4 is 0 Å². The third-order valence-electron chi connectivity index (χ3n) is 4.51. The van der Waals surface area contributed by atoms with Gasteiger partial charge in [0.15, 0.2) is 0 Å². The van der Waals surface area contributed by atoms with Gasteiger partial charge in [0.25, 0.3) is 0 Å². The number of hydrogen-bond acceptors (Lipinski definition) is 2. The summed E-state index contributed by atoms with van der Waals surface area (Å²) >= 11 is 0. The number of piperidine rings is 1. The summed E-state index contributed by atoms with van der Waals surface area (Å²) in [4.78, 5) is 2.61. The zero-order chi connectivity index (χ0) is 14.5. The van der Waals surface area contributed by atoms with E-state index < -0.39 is 0 Å². The number of nitrogens with zero attached hydrogens (tertiary/aromatic N) is 1. The highest BCUT2D eigenvalue weighted by Gasteiger charge is 2.10. The van der Waals surface area contributed by atoms with Crippen molar-refractivity contribution >= 4 is 0 Å². The van der Waals surface area contributed by atoms with Crippen molar-refractivity contribution in [1.82, 2.24) is 4.90 Å². The Morgan fingerprint density at radius 2 is 1.65 bits per heavy atom. The molecule has 0 N–H and O–H groups in total. The van der Waals surface area contributed by atoms with Crippen LogP contribution in [0.1, 0.15) is 84.5 Å². The smallest absolute Gasteiger partial charge is 0.0572 e. The third-order valence-corrected chi connectivity index (χ3v) is 4.51. The largest absolute Gasteiger partial charge is 0.378 e. The quantitative estimate of drug-likeness (QED) is 0.466. The van der Waals surface area contributed by atoms with E-state index in [2.05, 4.69) is 18.7 Å². The molecular weight excluding hydrogens is 246 g/mol. The van der Waals surface area contributed by atoms with Gasteiger partial charge in [-0.3, -0.25) is 0 Å². The molecule has 0 aromatic rings. The van der Waals surface area contributed by atoms with Gasteiger partial charge in [-0.15, -0.1) is 0 Å². The van der Waals surface area contributed by atoms with Crippen LogP contribution in [0.3, 0.4) is 0 Å². The Balaban J connectivity index is 1.94. The molecule has 0 bridgehead atoms. The Kier molecular flexibility index (Phi) is 11.4. The van der Waals surface area contributed by atoms with E-state index in [-0.39, 0.29) is 0 Å². The second kappa shape index (κ2) is 12.6. The third kappa shape index (κ3) is 8.97. The standard InChI is InChI=1S/C18H37NO/c1-3-5-6-7-9-13-18(4-2)20-17-12-16-19-14-10-8-11-15-19/h18H,3-17H2,1-2H3. The Hall–Kier alpha value is -0.0800. The summed E-state index contributed by atoms with van der Waals surface area (Å²) < 4.78 is 6.06. The average molecular weight is 284 g/mol. The predicted molar refractivity (Wildman–Crippen MR) is 88.3 cm³/mol. The minimum atomic E-state index is 0.512. The molecule has 1 fully saturated rings. The van der Waals surface area contributed by atoms with Crippen LogP contribution in [-0.4, -0.2) is 37.2 Å². The van der Waals surface area contributed by atoms with Gasteiger partial charge in [0.2, 0.25) is 0 Å². The van der Waals surface area contributed by atoms with Crippen LogP contribution in [0.4, 0.5) is 0 Å². The Morgan fingerprint density at radius 1 is 0.900 bits per heavy atom. The summed E-state index contributed by atoms with van der Waals surface area (Å²) in [5.74, 6) is 0. The van der Waals surface area contributed by atoms with Gasteiger partial charge in [0, 0.05) is 13.2 Å². The minimum Gasteiger partial charge on any atom is -0.378 e. The van der Waals surface area contributed by atoms with Crippen LogP contribution in [0.15, 0.2) is 0 Å². The fourth-order valence-electron chi connectivity index (χ4n) is 3.10. The van der Waals surface area contributed by atoms with Crippen molar-refractivity contribution in [3.05, 3.63) is 0 Å². The summed E-state index contributed by atoms with van der Waals surface area (Å²) in [6, 6.07) is 0. The fraction of sp³-hybridized carbons (Fsp3) is 1.00. The molecule has 1 unspecified atom stereocenters. The lowest BCUT2D eigenvalue weighted by molar-refractivity contribution is 0.0364. The molecular formula is C18H37NO. The van der Waals surface area contributed by atoms with Gasteiger partial charge in [-0.2, -0.15) is 0 Å². The maximum atomic E-state index is 6.06. The molecule has 0 aliphatic carbocycles. The number of ether oxygens (including phenoxy) is 1. The first-order valence-electron chi connectivity index (χ1n) is 9.20. The van der Waals surface area contributed by atoms with Crippen LogP contribution in [0, 0.1) is 0 Å². The van der Waals surface area contributed by atoms with E-state index in [9.17, 15) is 0 Å². The minimum absolute atomic E-state index is 0.512. The molecule has 1 rings (SSSR count). The van der Waals surface area contributed by atoms with Gasteiger partial charge in [-0.25, -0.2) is 0 Å². The summed E-state index contributed by atoms with van der Waals surface area (Å²) in [6.45, 7) is 9.38. The second-order valence-electron chi connectivity index (χ2n) is 6.36. The highest BCUT2D eigenvalue weighted by atomic mass is 16.5. The van der Waals surface area contributed by atoms with E-state index >= 15 is 0 Å². The van der Waals surface area contributed by atoms with Crippen molar-refractivity contribution in [2.45, 2.75) is 90.6 Å². The van der Waals surface area contributed by atoms with Gasteiger partial charge in [-0.05, 0) is 45.2 Å². The molecule has 0 radical (unpaired) electrons. The van der Waals surface area contributed by atoms with E-state index in [0.29, 0.717) is 6.10 Å². The molecule has 0 aromatic heterocycles. The topological polar surface area (TPSA) is 12.5 Å². The molecule has 0 saturated carbocycles. The lowest BCUT2D eigenvalue weighted by Gasteiger charge is -2.26. The molecule has 1 atom stereocenters. The van der Waals surface area contributed by atoms with Gasteiger partial charge >= 0.3 is 0 Å². The summed E-state index contributed by atoms with van der Waals surface area (Å²) in [5.41, 5.74) is 0. The van der Waals surface area contributed by atoms with E-state index in [4.69, 9.17) is 4.74 Å². The first-order valence-corrected chi connectivity index (χ1v) is 9.20. The van der Waals surface area contributed by atoms with Crippen LogP contribution in [-0.2, 0) is 4.74 Å². The molecule has 0 spiro atoms. The van der Waals surface area contributed by atoms with Crippen molar-refractivity contribution in [1.29, 1.82) is 0 Å². The molecule has 1 aliphatic rings. The van der Waals surface area contributed by atoms with Crippen LogP contribution in [0.2, 0.25) is 0 Å². The number of unbranched alkanes of at least 4 members (excludes halogenated alkanes) is 4. The van der Waals surface area contributed by atoms with Gasteiger partial charge in [-0.1, -0.05) is 52.4 Å². The van der Waals surface area contributed by atoms with Crippen molar-refractivity contribution in [2.24, 2.45) is 0 Å². The van der Waals surface area contributed by atoms with Crippen LogP contribution >= 0.6 is 0 Å². The van der Waals surface area contributed by atoms with Gasteiger partial charge < -0.3 is 9.64 Å². The molecule has 1 aliphatic heterocycles. The van der Waals surface area contributed by atoms with Crippen molar-refractivity contribution in [3.63, 3.8) is 0 Å². The van der Waals surface area contributed by atoms with E-state index in [1.807, 2.05) is 0 Å². The lowest BCUT2D eigenvalue weighted by atomic mass is 10.1. The molecule has 2 heteroatoms. The maximum Gasteiger partial charge on any atom is 0.0572 e. The Bertz CT molecular complexity index is 202. The summed E-state index contributed by atoms with van der Waals surface area (Å²) in [7, 11) is 0. The normalized spacial score (nSPS) is 18.3. The second-order valence-corrected chi connectivity index (χ2v) is 6.36. The van der Waals surface area contributed by atoms with E-state index in [1.54, 1.807) is 0 Å². The van der Waals surface area contributed by atoms with Gasteiger partial charge in [0.1, 0.15) is 0 Å². The lowest BCUT2D eigenvalue weighted by Crippen LogP contribution is -2.31. The molecule has 0 aromatic carbocycles. The van der Waals surface area contributed by atoms with Crippen molar-refractivity contribution in [3.8, 4) is 0 Å². The average Bonchev–Trinajstić information content (AvgIpc) is 2.50. The molecule has 0 amide bonds. The zero-order valence-electron chi connectivity index (χ0n) is 14.0. The highest BCUT2D eigenvalue weighted by molar-refractivity contribution is 4.64. The molecule has 1 heterocycles. The predicted octanol–water partition coefficient (Wildman–Crippen LogP) is 5.02. The molecule has 1 saturated heterocycles. The first kappa shape index (κ1) is 18.0. The maximum absolute atomic E-state index is 6.06. The molecule has 2 nitrogen and oxygen atoms in total. The first-order chi connectivity index (χ1) is 9.86. The van der Waals surface area contributed by atoms with E-state index in [1.165, 1.54) is 90.3 Å². The summed E-state index contributed by atoms with van der Waals surface area (Å²) in [5, 5.41) is 0. The van der Waals surface area contributed by atoms with E-state index in [0.717, 1.165) is 6.61 Å². The monoisotopic (exact) mass is 283 g/mol. The van der Waals surface area contributed by atoms with Crippen molar-refractivity contribution < 1.29 is 4.74 Å². The zero-order valence-corrected chi connectivity index (χ0v) is 14.0.